The number of carboxylic acids is 1. The van der Waals surface area contributed by atoms with Gasteiger partial charge in [0.25, 0.3) is 0 Å². The summed E-state index contributed by atoms with van der Waals surface area (Å²) >= 11 is 0. The fourth-order valence-corrected chi connectivity index (χ4v) is 24.7. The Bertz CT molecular complexity index is 3640. The molecule has 13 unspecified atom stereocenters. The summed E-state index contributed by atoms with van der Waals surface area (Å²) in [7, 11) is 1.78. The number of benzene rings is 3. The molecule has 8 nitrogen and oxygen atoms in total. The molecular formula is C83H106N2O6. The predicted octanol–water partition coefficient (Wildman–Crippen LogP) is 15.4. The lowest BCUT2D eigenvalue weighted by Gasteiger charge is -2.77. The molecule has 10 aliphatic carbocycles. The van der Waals surface area contributed by atoms with E-state index in [1.807, 2.05) is 0 Å². The molecule has 6 N–H and O–H groups in total. The van der Waals surface area contributed by atoms with Gasteiger partial charge in [0.05, 0.1) is 36.8 Å². The highest BCUT2D eigenvalue weighted by molar-refractivity contribution is 5.78. The summed E-state index contributed by atoms with van der Waals surface area (Å²) in [4.78, 5) is 14.9. The van der Waals surface area contributed by atoms with Crippen LogP contribution in [0, 0.1) is 85.8 Å². The Morgan fingerprint density at radius 2 is 1.63 bits per heavy atom. The molecule has 3 aromatic rings. The minimum absolute atomic E-state index is 0.0813. The molecule has 8 heteroatoms. The summed E-state index contributed by atoms with van der Waals surface area (Å²) in [6.07, 6.45) is 37.1. The lowest BCUT2D eigenvalue weighted by Crippen LogP contribution is -2.71. The molecule has 0 saturated heterocycles. The Morgan fingerprint density at radius 1 is 0.835 bits per heavy atom. The van der Waals surface area contributed by atoms with E-state index in [0.717, 1.165) is 153 Å². The second kappa shape index (κ2) is 23.8. The summed E-state index contributed by atoms with van der Waals surface area (Å²) in [5.74, 6) is 1.07. The Morgan fingerprint density at radius 3 is 2.38 bits per heavy atom. The molecule has 5 saturated carbocycles. The number of hydrogen-bond acceptors (Lipinski definition) is 7. The van der Waals surface area contributed by atoms with Crippen LogP contribution in [0.15, 0.2) is 137 Å². The molecule has 19 rings (SSSR count). The third kappa shape index (κ3) is 9.64. The first-order valence-corrected chi connectivity index (χ1v) is 36.5. The van der Waals surface area contributed by atoms with Crippen molar-refractivity contribution in [1.82, 2.24) is 10.6 Å². The van der Waals surface area contributed by atoms with Crippen molar-refractivity contribution in [2.45, 2.75) is 200 Å². The molecule has 0 aromatic heterocycles. The van der Waals surface area contributed by atoms with Gasteiger partial charge in [0.1, 0.15) is 0 Å². The number of rotatable bonds is 9. The monoisotopic (exact) mass is 1230 g/mol. The second-order valence-corrected chi connectivity index (χ2v) is 32.7. The first kappa shape index (κ1) is 61.7. The van der Waals surface area contributed by atoms with Gasteiger partial charge in [0, 0.05) is 53.7 Å². The molecule has 0 amide bonds. The van der Waals surface area contributed by atoms with Gasteiger partial charge in [0.2, 0.25) is 0 Å². The number of nitrogens with one attached hydrogen (secondary N) is 2. The Kier molecular flexibility index (Phi) is 16.1. The zero-order valence-corrected chi connectivity index (χ0v) is 55.6. The third-order valence-electron chi connectivity index (χ3n) is 28.4. The molecule has 91 heavy (non-hydrogen) atoms. The zero-order chi connectivity index (χ0) is 62.7. The highest BCUT2D eigenvalue weighted by atomic mass is 16.5. The van der Waals surface area contributed by atoms with E-state index in [-0.39, 0.29) is 39.9 Å². The van der Waals surface area contributed by atoms with E-state index in [1.165, 1.54) is 74.9 Å². The minimum atomic E-state index is -0.791. The fourth-order valence-electron chi connectivity index (χ4n) is 24.7. The molecule has 484 valence electrons. The maximum atomic E-state index is 14.9. The summed E-state index contributed by atoms with van der Waals surface area (Å²) in [5, 5.41) is 60.9. The average Bonchev–Trinajstić information content (AvgIpc) is 1.30. The van der Waals surface area contributed by atoms with Gasteiger partial charge < -0.3 is 35.8 Å². The maximum absolute atomic E-state index is 14.9. The number of carboxylic acid groups (broad SMARTS) is 1. The Labute approximate surface area is 543 Å². The van der Waals surface area contributed by atoms with E-state index >= 15 is 0 Å². The van der Waals surface area contributed by atoms with Crippen molar-refractivity contribution in [1.29, 1.82) is 0 Å². The molecule has 0 radical (unpaired) electrons. The van der Waals surface area contributed by atoms with Crippen LogP contribution in [0.3, 0.4) is 0 Å². The highest BCUT2D eigenvalue weighted by Gasteiger charge is 2.81. The molecule has 3 aromatic carbocycles. The van der Waals surface area contributed by atoms with Gasteiger partial charge in [-0.15, -0.1) is 0 Å². The summed E-state index contributed by atoms with van der Waals surface area (Å²) < 4.78 is 5.45. The van der Waals surface area contributed by atoms with Gasteiger partial charge in [-0.1, -0.05) is 161 Å². The number of fused-ring (bicyclic) bond motifs is 1. The van der Waals surface area contributed by atoms with Gasteiger partial charge in [-0.3, -0.25) is 4.79 Å². The highest BCUT2D eigenvalue weighted by Crippen LogP contribution is 2.87. The van der Waals surface area contributed by atoms with Crippen molar-refractivity contribution in [3.05, 3.63) is 170 Å². The van der Waals surface area contributed by atoms with Crippen molar-refractivity contribution in [3.8, 4) is 0 Å². The number of hydrogen-bond donors (Lipinski definition) is 6. The van der Waals surface area contributed by atoms with Crippen LogP contribution in [0.2, 0.25) is 0 Å². The quantitative estimate of drug-likeness (QED) is 0.0923. The number of aliphatic hydroxyl groups is 3. The predicted molar refractivity (Wildman–Crippen MR) is 365 cm³/mol. The van der Waals surface area contributed by atoms with Crippen LogP contribution in [0.5, 0.6) is 0 Å². The van der Waals surface area contributed by atoms with Gasteiger partial charge in [-0.2, -0.15) is 0 Å². The largest absolute Gasteiger partial charge is 0.516 e. The van der Waals surface area contributed by atoms with E-state index in [1.54, 1.807) is 23.8 Å². The zero-order valence-electron chi connectivity index (χ0n) is 55.6. The molecule has 6 heterocycles. The minimum Gasteiger partial charge on any atom is -0.516 e. The van der Waals surface area contributed by atoms with Crippen molar-refractivity contribution in [2.75, 3.05) is 26.8 Å². The van der Waals surface area contributed by atoms with Crippen LogP contribution < -0.4 is 21.1 Å². The number of aliphatic carboxylic acids is 1. The number of carbonyl (C=O) groups is 1. The summed E-state index contributed by atoms with van der Waals surface area (Å²) in [5.41, 5.74) is 13.3. The fraction of sp³-hybridized carbons (Fsp3) is 0.602. The Balaban J connectivity index is 0.943. The van der Waals surface area contributed by atoms with Gasteiger partial charge in [-0.05, 0) is 249 Å². The molecule has 3 spiro atoms. The normalized spacial score (nSPS) is 38.9. The van der Waals surface area contributed by atoms with Crippen LogP contribution in [-0.2, 0) is 28.8 Å². The van der Waals surface area contributed by atoms with Crippen molar-refractivity contribution in [3.63, 3.8) is 0 Å². The average molecular weight is 1230 g/mol. The molecule has 6 aliphatic heterocycles. The number of aliphatic hydroxyl groups excluding tert-OH is 3. The van der Waals surface area contributed by atoms with E-state index in [2.05, 4.69) is 142 Å². The van der Waals surface area contributed by atoms with Crippen molar-refractivity contribution >= 4 is 23.2 Å². The molecule has 16 aliphatic rings. The first-order chi connectivity index (χ1) is 44.1. The molecule has 15 bridgehead atoms. The topological polar surface area (TPSA) is 131 Å². The number of ether oxygens (including phenoxy) is 1. The molecule has 13 atom stereocenters. The van der Waals surface area contributed by atoms with Crippen LogP contribution in [0.25, 0.3) is 17.2 Å². The first-order valence-electron chi connectivity index (χ1n) is 36.5. The standard InChI is InChI=1S/C83H106N2O6/c1-52(2)41-63-30-34-78(3)73(88)32-38-82-69-45-59-16-9-10-18-65(59)67-44-56-13-11-17-58(43-56)60-25-27-74(85-50-60)84-39-12-19-64(57-14-7-6-8-15-57)61(51-86)24-26-66(76(89)90)75-72(87)49-83-71(48-81(63,77(78)82)47-68(67)69)70(82)46-62(79(75,83)4)31-37-80(83)35-28-55(29-36-80)42-54-22-20-53(21-23-54)33-40-91-5/h9-11,13,16-18,20-23,25,27,30,43,45,47,51-52,55,57,62,64,66,69,72-73,75,77,84-88H,6-8,12,14-15,19,24,26,28-29,31-42,44,46,48-50H2,1-5H3,(H,89,90). The van der Waals surface area contributed by atoms with E-state index in [9.17, 15) is 25.2 Å². The second-order valence-electron chi connectivity index (χ2n) is 32.7. The number of dihydropyridines is 1. The Hall–Kier alpha value is -5.41. The smallest absolute Gasteiger partial charge is 0.306 e. The number of methoxy groups -OCH3 is 1. The van der Waals surface area contributed by atoms with Crippen LogP contribution in [0.1, 0.15) is 191 Å². The summed E-state index contributed by atoms with van der Waals surface area (Å²) in [6, 6.07) is 28.0. The lowest BCUT2D eigenvalue weighted by molar-refractivity contribution is -0.200. The van der Waals surface area contributed by atoms with E-state index in [4.69, 9.17) is 4.74 Å². The molecule has 5 fully saturated rings. The van der Waals surface area contributed by atoms with Crippen LogP contribution in [-0.4, -0.2) is 65.4 Å². The van der Waals surface area contributed by atoms with E-state index in [0.29, 0.717) is 37.0 Å². The van der Waals surface area contributed by atoms with Gasteiger partial charge in [-0.25, -0.2) is 0 Å². The number of allylic oxidation sites excluding steroid dienone is 9. The van der Waals surface area contributed by atoms with Crippen molar-refractivity contribution in [2.24, 2.45) is 85.8 Å². The SMILES string of the molecule is COCCc1ccc(CC2CCC3(CC2)CCC2CC4=C5CC67C=C8C(=c9ccccc9=CC8C48CCC(O)C(C)(CC=C6CC(C)C)C78)Cc4cccc(c4)C4=CC=C(NCCCC(C6CCCCC6)C(=CO)CCC(C(=O)O)C6C(O)CC53C26C)NC4)cc1. The maximum Gasteiger partial charge on any atom is 0.306 e. The van der Waals surface area contributed by atoms with Crippen LogP contribution in [0.4, 0.5) is 0 Å². The van der Waals surface area contributed by atoms with Crippen molar-refractivity contribution < 1.29 is 30.0 Å². The third-order valence-corrected chi connectivity index (χ3v) is 28.4. The van der Waals surface area contributed by atoms with E-state index < -0.39 is 46.3 Å². The summed E-state index contributed by atoms with van der Waals surface area (Å²) in [6.45, 7) is 12.2. The van der Waals surface area contributed by atoms with Gasteiger partial charge in [0.15, 0.2) is 0 Å². The lowest BCUT2D eigenvalue weighted by atomic mass is 9.26. The van der Waals surface area contributed by atoms with Gasteiger partial charge >= 0.3 is 5.97 Å². The van der Waals surface area contributed by atoms with Crippen LogP contribution >= 0.6 is 0 Å². The molecular weight excluding hydrogens is 1120 g/mol.